The zero-order valence-electron chi connectivity index (χ0n) is 6.75. The molecule has 0 saturated carbocycles. The van der Waals surface area contributed by atoms with Crippen molar-refractivity contribution in [3.8, 4) is 0 Å². The van der Waals surface area contributed by atoms with Crippen LogP contribution in [0.3, 0.4) is 0 Å². The molecule has 5 heteroatoms. The van der Waals surface area contributed by atoms with Gasteiger partial charge in [0.15, 0.2) is 12.6 Å². The topological polar surface area (TPSA) is 107 Å². The number of aliphatic hydroxyl groups is 4. The van der Waals surface area contributed by atoms with Crippen LogP contribution in [0.1, 0.15) is 23.7 Å². The highest BCUT2D eigenvalue weighted by molar-refractivity contribution is 5.45. The second-order valence-corrected chi connectivity index (χ2v) is 2.68. The summed E-state index contributed by atoms with van der Waals surface area (Å²) in [6.45, 7) is 0. The fourth-order valence-corrected chi connectivity index (χ4v) is 1.00. The lowest BCUT2D eigenvalue weighted by atomic mass is 10.1. The molecule has 1 rings (SSSR count). The molecule has 0 bridgehead atoms. The van der Waals surface area contributed by atoms with Gasteiger partial charge in [-0.2, -0.15) is 0 Å². The van der Waals surface area contributed by atoms with Crippen LogP contribution in [0.25, 0.3) is 0 Å². The first-order valence-corrected chi connectivity index (χ1v) is 3.63. The van der Waals surface area contributed by atoms with Crippen molar-refractivity contribution in [3.63, 3.8) is 0 Å². The normalized spacial score (nSPS) is 11.2. The molecule has 72 valence electrons. The van der Waals surface area contributed by atoms with Gasteiger partial charge < -0.3 is 26.2 Å². The van der Waals surface area contributed by atoms with E-state index in [1.165, 1.54) is 18.2 Å². The molecule has 0 spiro atoms. The molecule has 5 nitrogen and oxygen atoms in total. The molecule has 6 N–H and O–H groups in total. The summed E-state index contributed by atoms with van der Waals surface area (Å²) in [4.78, 5) is 0. The van der Waals surface area contributed by atoms with Crippen LogP contribution >= 0.6 is 0 Å². The predicted molar refractivity (Wildman–Crippen MR) is 45.2 cm³/mol. The Morgan fingerprint density at radius 3 is 1.54 bits per heavy atom. The van der Waals surface area contributed by atoms with Gasteiger partial charge in [-0.25, -0.2) is 0 Å². The molecule has 0 heterocycles. The zero-order chi connectivity index (χ0) is 10.0. The van der Waals surface area contributed by atoms with E-state index in [0.29, 0.717) is 0 Å². The van der Waals surface area contributed by atoms with E-state index in [1.807, 2.05) is 0 Å². The van der Waals surface area contributed by atoms with Gasteiger partial charge >= 0.3 is 0 Å². The van der Waals surface area contributed by atoms with Gasteiger partial charge in [-0.05, 0) is 18.2 Å². The number of hydrogen-bond acceptors (Lipinski definition) is 5. The smallest absolute Gasteiger partial charge is 0.178 e. The maximum atomic E-state index is 8.79. The van der Waals surface area contributed by atoms with E-state index in [0.717, 1.165) is 0 Å². The van der Waals surface area contributed by atoms with E-state index >= 15 is 0 Å². The summed E-state index contributed by atoms with van der Waals surface area (Å²) in [6.07, 6.45) is -3.33. The van der Waals surface area contributed by atoms with E-state index in [1.54, 1.807) is 0 Å². The second-order valence-electron chi connectivity index (χ2n) is 2.68. The monoisotopic (exact) mass is 185 g/mol. The predicted octanol–water partition coefficient (Wildman–Crippen LogP) is -0.765. The van der Waals surface area contributed by atoms with Gasteiger partial charge in [0.1, 0.15) is 0 Å². The van der Waals surface area contributed by atoms with E-state index < -0.39 is 12.6 Å². The second kappa shape index (κ2) is 3.71. The zero-order valence-corrected chi connectivity index (χ0v) is 6.75. The third kappa shape index (κ3) is 2.40. The highest BCUT2D eigenvalue weighted by Gasteiger charge is 2.09. The highest BCUT2D eigenvalue weighted by atomic mass is 16.5. The molecular formula is C8H11NO4. The van der Waals surface area contributed by atoms with Crippen molar-refractivity contribution in [1.29, 1.82) is 0 Å². The minimum Gasteiger partial charge on any atom is -0.399 e. The first-order chi connectivity index (χ1) is 6.00. The SMILES string of the molecule is Nc1cc(C(O)O)cc(C(O)O)c1. The van der Waals surface area contributed by atoms with Crippen molar-refractivity contribution in [1.82, 2.24) is 0 Å². The lowest BCUT2D eigenvalue weighted by Crippen LogP contribution is -2.02. The van der Waals surface area contributed by atoms with Crippen LogP contribution in [0.5, 0.6) is 0 Å². The van der Waals surface area contributed by atoms with Gasteiger partial charge in [0.05, 0.1) is 0 Å². The van der Waals surface area contributed by atoms with Crippen LogP contribution in [0, 0.1) is 0 Å². The van der Waals surface area contributed by atoms with Crippen molar-refractivity contribution in [2.75, 3.05) is 5.73 Å². The number of hydrogen-bond donors (Lipinski definition) is 5. The van der Waals surface area contributed by atoms with E-state index in [9.17, 15) is 0 Å². The van der Waals surface area contributed by atoms with Crippen molar-refractivity contribution < 1.29 is 20.4 Å². The Morgan fingerprint density at radius 2 is 1.23 bits per heavy atom. The van der Waals surface area contributed by atoms with Gasteiger partial charge in [-0.15, -0.1) is 0 Å². The molecule has 1 aromatic rings. The molecule has 0 aliphatic rings. The Balaban J connectivity index is 3.11. The average Bonchev–Trinajstić information content (AvgIpc) is 2.03. The number of aliphatic hydroxyl groups excluding tert-OH is 2. The molecule has 13 heavy (non-hydrogen) atoms. The summed E-state index contributed by atoms with van der Waals surface area (Å²) in [5.41, 5.74) is 5.89. The van der Waals surface area contributed by atoms with Crippen LogP contribution in [0.15, 0.2) is 18.2 Å². The number of nitrogens with two attached hydrogens (primary N) is 1. The minimum atomic E-state index is -1.67. The van der Waals surface area contributed by atoms with Crippen molar-refractivity contribution in [2.45, 2.75) is 12.6 Å². The summed E-state index contributed by atoms with van der Waals surface area (Å²) in [6, 6.07) is 3.94. The van der Waals surface area contributed by atoms with Crippen molar-refractivity contribution in [3.05, 3.63) is 29.3 Å². The Morgan fingerprint density at radius 1 is 0.846 bits per heavy atom. The molecule has 1 aromatic carbocycles. The number of nitrogen functional groups attached to an aromatic ring is 1. The lowest BCUT2D eigenvalue weighted by Gasteiger charge is -2.09. The molecule has 0 aliphatic heterocycles. The maximum Gasteiger partial charge on any atom is 0.178 e. The molecule has 0 fully saturated rings. The number of anilines is 1. The van der Waals surface area contributed by atoms with Gasteiger partial charge in [0.2, 0.25) is 0 Å². The maximum absolute atomic E-state index is 8.79. The summed E-state index contributed by atoms with van der Waals surface area (Å²) in [5.74, 6) is 0. The molecule has 0 aromatic heterocycles. The van der Waals surface area contributed by atoms with Crippen LogP contribution in [-0.4, -0.2) is 20.4 Å². The molecule has 0 unspecified atom stereocenters. The van der Waals surface area contributed by atoms with E-state index in [4.69, 9.17) is 26.2 Å². The molecule has 0 atom stereocenters. The fourth-order valence-electron chi connectivity index (χ4n) is 1.00. The highest BCUT2D eigenvalue weighted by Crippen LogP contribution is 2.20. The van der Waals surface area contributed by atoms with Crippen molar-refractivity contribution in [2.24, 2.45) is 0 Å². The average molecular weight is 185 g/mol. The number of rotatable bonds is 2. The van der Waals surface area contributed by atoms with E-state index in [2.05, 4.69) is 0 Å². The third-order valence-corrected chi connectivity index (χ3v) is 1.60. The minimum absolute atomic E-state index is 0.128. The largest absolute Gasteiger partial charge is 0.399 e. The van der Waals surface area contributed by atoms with Gasteiger partial charge in [0, 0.05) is 16.8 Å². The van der Waals surface area contributed by atoms with Crippen LogP contribution < -0.4 is 5.73 Å². The van der Waals surface area contributed by atoms with Crippen molar-refractivity contribution >= 4 is 5.69 Å². The Labute approximate surface area is 74.7 Å². The summed E-state index contributed by atoms with van der Waals surface area (Å²) in [5, 5.41) is 35.2. The van der Waals surface area contributed by atoms with Crippen LogP contribution in [0.4, 0.5) is 5.69 Å². The molecule has 0 radical (unpaired) electrons. The molecular weight excluding hydrogens is 174 g/mol. The lowest BCUT2D eigenvalue weighted by molar-refractivity contribution is -0.0474. The van der Waals surface area contributed by atoms with Crippen LogP contribution in [-0.2, 0) is 0 Å². The van der Waals surface area contributed by atoms with E-state index in [-0.39, 0.29) is 16.8 Å². The van der Waals surface area contributed by atoms with Crippen LogP contribution in [0.2, 0.25) is 0 Å². The first kappa shape index (κ1) is 9.94. The molecule has 0 amide bonds. The Kier molecular flexibility index (Phi) is 2.84. The Hall–Kier alpha value is -1.14. The molecule has 0 aliphatic carbocycles. The van der Waals surface area contributed by atoms with Gasteiger partial charge in [-0.3, -0.25) is 0 Å². The van der Waals surface area contributed by atoms with Gasteiger partial charge in [0.25, 0.3) is 0 Å². The molecule has 0 saturated heterocycles. The fraction of sp³-hybridized carbons (Fsp3) is 0.250. The first-order valence-electron chi connectivity index (χ1n) is 3.63. The van der Waals surface area contributed by atoms with Gasteiger partial charge in [-0.1, -0.05) is 0 Å². The summed E-state index contributed by atoms with van der Waals surface area (Å²) in [7, 11) is 0. The summed E-state index contributed by atoms with van der Waals surface area (Å²) < 4.78 is 0. The summed E-state index contributed by atoms with van der Waals surface area (Å²) >= 11 is 0. The number of benzene rings is 1. The third-order valence-electron chi connectivity index (χ3n) is 1.60. The standard InChI is InChI=1S/C8H11NO4/c9-6-2-4(7(10)11)1-5(3-6)8(12)13/h1-3,7-8,10-13H,9H2. The Bertz CT molecular complexity index is 272. The quantitative estimate of drug-likeness (QED) is 0.307.